The van der Waals surface area contributed by atoms with Crippen molar-refractivity contribution in [2.24, 2.45) is 5.92 Å². The van der Waals surface area contributed by atoms with E-state index in [2.05, 4.69) is 15.1 Å². The summed E-state index contributed by atoms with van der Waals surface area (Å²) in [6, 6.07) is 19.1. The van der Waals surface area contributed by atoms with Crippen LogP contribution in [0.1, 0.15) is 29.9 Å². The van der Waals surface area contributed by atoms with Gasteiger partial charge in [-0.25, -0.2) is 14.5 Å². The number of aromatic nitrogens is 4. The number of hydrogen-bond acceptors (Lipinski definition) is 6. The molecule has 0 atom stereocenters. The molecule has 7 heteroatoms. The third kappa shape index (κ3) is 4.14. The molecule has 152 valence electrons. The van der Waals surface area contributed by atoms with Crippen molar-refractivity contribution in [3.8, 4) is 23.1 Å². The van der Waals surface area contributed by atoms with Gasteiger partial charge in [0.25, 0.3) is 0 Å². The number of carbonyl (C=O) groups excluding carboxylic acids is 1. The Labute approximate surface area is 179 Å². The summed E-state index contributed by atoms with van der Waals surface area (Å²) in [6.07, 6.45) is 3.92. The van der Waals surface area contributed by atoms with Crippen LogP contribution in [0.15, 0.2) is 60.8 Å². The molecule has 0 N–H and O–H groups in total. The van der Waals surface area contributed by atoms with Gasteiger partial charge in [0.1, 0.15) is 29.9 Å². The number of pyridine rings is 2. The van der Waals surface area contributed by atoms with E-state index in [0.29, 0.717) is 24.5 Å². The van der Waals surface area contributed by atoms with Crippen LogP contribution in [0.25, 0.3) is 16.9 Å². The smallest absolute Gasteiger partial charge is 0.159 e. The molecule has 3 heterocycles. The van der Waals surface area contributed by atoms with Crippen molar-refractivity contribution in [2.75, 3.05) is 0 Å². The van der Waals surface area contributed by atoms with Gasteiger partial charge in [-0.05, 0) is 55.3 Å². The molecule has 0 spiro atoms. The lowest BCUT2D eigenvalue weighted by molar-refractivity contribution is -0.119. The largest absolute Gasteiger partial charge is 0.489 e. The van der Waals surface area contributed by atoms with E-state index < -0.39 is 0 Å². The number of hydrogen-bond donors (Lipinski definition) is 0. The van der Waals surface area contributed by atoms with Gasteiger partial charge in [0.2, 0.25) is 0 Å². The van der Waals surface area contributed by atoms with E-state index in [1.54, 1.807) is 16.8 Å². The lowest BCUT2D eigenvalue weighted by Gasteiger charge is -2.08. The predicted octanol–water partition coefficient (Wildman–Crippen LogP) is 3.76. The summed E-state index contributed by atoms with van der Waals surface area (Å²) in [5.74, 6) is 1.74. The number of benzene rings is 1. The Morgan fingerprint density at radius 3 is 2.68 bits per heavy atom. The van der Waals surface area contributed by atoms with E-state index in [-0.39, 0.29) is 11.7 Å². The molecule has 4 aromatic rings. The molecule has 1 aliphatic rings. The van der Waals surface area contributed by atoms with E-state index in [4.69, 9.17) is 10.00 Å². The van der Waals surface area contributed by atoms with Gasteiger partial charge >= 0.3 is 0 Å². The second-order valence-electron chi connectivity index (χ2n) is 7.60. The first-order valence-corrected chi connectivity index (χ1v) is 10.2. The number of rotatable bonds is 7. The molecule has 5 rings (SSSR count). The van der Waals surface area contributed by atoms with Gasteiger partial charge in [-0.1, -0.05) is 12.1 Å². The molecule has 7 nitrogen and oxygen atoms in total. The Hall–Kier alpha value is -4.05. The van der Waals surface area contributed by atoms with Crippen LogP contribution in [0.2, 0.25) is 0 Å². The number of ether oxygens (including phenoxy) is 1. The van der Waals surface area contributed by atoms with Crippen LogP contribution in [0, 0.1) is 17.2 Å². The maximum atomic E-state index is 12.1. The van der Waals surface area contributed by atoms with E-state index >= 15 is 0 Å². The first-order valence-electron chi connectivity index (χ1n) is 10.2. The van der Waals surface area contributed by atoms with Crippen LogP contribution in [-0.4, -0.2) is 25.4 Å². The number of Topliss-reactive ketones (excluding diaryl/α,β-unsaturated/α-hetero) is 1. The lowest BCUT2D eigenvalue weighted by Crippen LogP contribution is -2.06. The summed E-state index contributed by atoms with van der Waals surface area (Å²) in [7, 11) is 0. The summed E-state index contributed by atoms with van der Waals surface area (Å²) < 4.78 is 7.61. The average molecular weight is 409 g/mol. The van der Waals surface area contributed by atoms with Crippen LogP contribution in [0.3, 0.4) is 0 Å². The fourth-order valence-corrected chi connectivity index (χ4v) is 3.41. The Balaban J connectivity index is 1.32. The van der Waals surface area contributed by atoms with Gasteiger partial charge in [-0.15, -0.1) is 0 Å². The number of carbonyl (C=O) groups is 1. The molecule has 1 saturated carbocycles. The monoisotopic (exact) mass is 409 g/mol. The van der Waals surface area contributed by atoms with Crippen LogP contribution < -0.4 is 4.74 Å². The summed E-state index contributed by atoms with van der Waals surface area (Å²) in [6.45, 7) is 0.370. The molecule has 0 radical (unpaired) electrons. The number of ketones is 1. The molecule has 1 aliphatic carbocycles. The van der Waals surface area contributed by atoms with Gasteiger partial charge in [0.05, 0.1) is 12.1 Å². The van der Waals surface area contributed by atoms with Crippen molar-refractivity contribution in [2.45, 2.75) is 25.9 Å². The average Bonchev–Trinajstić information content (AvgIpc) is 3.58. The lowest BCUT2D eigenvalue weighted by atomic mass is 10.1. The molecule has 0 saturated heterocycles. The minimum Gasteiger partial charge on any atom is -0.489 e. The summed E-state index contributed by atoms with van der Waals surface area (Å²) >= 11 is 0. The van der Waals surface area contributed by atoms with Crippen LogP contribution in [0.5, 0.6) is 5.75 Å². The fraction of sp³-hybridized carbons (Fsp3) is 0.208. The standard InChI is InChI=1S/C24H19N5O2/c25-13-19-9-4-16(14-26-19)15-31-20-10-7-17(8-11-20)21-2-1-3-24-27-23(28-29(21)24)12-22(30)18-5-6-18/h1-4,7-11,14,18H,5-6,12,15H2. The van der Waals surface area contributed by atoms with Crippen molar-refractivity contribution < 1.29 is 9.53 Å². The molecule has 0 amide bonds. The zero-order chi connectivity index (χ0) is 21.2. The minimum absolute atomic E-state index is 0.207. The molecule has 0 unspecified atom stereocenters. The molecule has 0 aliphatic heterocycles. The second kappa shape index (κ2) is 8.00. The van der Waals surface area contributed by atoms with Crippen molar-refractivity contribution in [1.29, 1.82) is 5.26 Å². The molecule has 31 heavy (non-hydrogen) atoms. The van der Waals surface area contributed by atoms with E-state index in [9.17, 15) is 4.79 Å². The highest BCUT2D eigenvalue weighted by Crippen LogP contribution is 2.31. The van der Waals surface area contributed by atoms with Crippen LogP contribution in [-0.2, 0) is 17.8 Å². The fourth-order valence-electron chi connectivity index (χ4n) is 3.41. The maximum absolute atomic E-state index is 12.1. The highest BCUT2D eigenvalue weighted by molar-refractivity contribution is 5.84. The van der Waals surface area contributed by atoms with Crippen LogP contribution >= 0.6 is 0 Å². The molecule has 3 aromatic heterocycles. The third-order valence-electron chi connectivity index (χ3n) is 5.26. The van der Waals surface area contributed by atoms with Gasteiger partial charge in [0.15, 0.2) is 11.5 Å². The molecule has 1 aromatic carbocycles. The normalized spacial score (nSPS) is 13.1. The summed E-state index contributed by atoms with van der Waals surface area (Å²) in [5.41, 5.74) is 3.88. The zero-order valence-electron chi connectivity index (χ0n) is 16.7. The SMILES string of the molecule is N#Cc1ccc(COc2ccc(-c3cccc4nc(CC(=O)C5CC5)nn34)cc2)cn1. The third-order valence-corrected chi connectivity index (χ3v) is 5.26. The van der Waals surface area contributed by atoms with Crippen molar-refractivity contribution in [3.63, 3.8) is 0 Å². The molecular formula is C24H19N5O2. The predicted molar refractivity (Wildman–Crippen MR) is 113 cm³/mol. The quantitative estimate of drug-likeness (QED) is 0.461. The first-order chi connectivity index (χ1) is 15.2. The number of fused-ring (bicyclic) bond motifs is 1. The van der Waals surface area contributed by atoms with Gasteiger partial charge in [-0.2, -0.15) is 10.4 Å². The molecule has 0 bridgehead atoms. The van der Waals surface area contributed by atoms with Gasteiger partial charge in [0, 0.05) is 23.2 Å². The molecule has 1 fully saturated rings. The van der Waals surface area contributed by atoms with Gasteiger partial charge < -0.3 is 4.74 Å². The maximum Gasteiger partial charge on any atom is 0.159 e. The Morgan fingerprint density at radius 2 is 1.97 bits per heavy atom. The van der Waals surface area contributed by atoms with E-state index in [1.165, 1.54) is 0 Å². The highest BCUT2D eigenvalue weighted by atomic mass is 16.5. The summed E-state index contributed by atoms with van der Waals surface area (Å²) in [4.78, 5) is 20.7. The zero-order valence-corrected chi connectivity index (χ0v) is 16.7. The number of nitriles is 1. The second-order valence-corrected chi connectivity index (χ2v) is 7.60. The van der Waals surface area contributed by atoms with Crippen LogP contribution in [0.4, 0.5) is 0 Å². The Morgan fingerprint density at radius 1 is 1.13 bits per heavy atom. The Kier molecular flexibility index (Phi) is 4.89. The summed E-state index contributed by atoms with van der Waals surface area (Å²) in [5, 5.41) is 13.4. The first kappa shape index (κ1) is 18.9. The molecular weight excluding hydrogens is 390 g/mol. The topological polar surface area (TPSA) is 93.2 Å². The van der Waals surface area contributed by atoms with E-state index in [0.717, 1.165) is 41.1 Å². The Bertz CT molecular complexity index is 1280. The van der Waals surface area contributed by atoms with Crippen molar-refractivity contribution in [3.05, 3.63) is 77.9 Å². The highest BCUT2D eigenvalue weighted by Gasteiger charge is 2.30. The van der Waals surface area contributed by atoms with Gasteiger partial charge in [-0.3, -0.25) is 4.79 Å². The number of nitrogens with zero attached hydrogens (tertiary/aromatic N) is 5. The van der Waals surface area contributed by atoms with E-state index in [1.807, 2.05) is 54.6 Å². The minimum atomic E-state index is 0.207. The van der Waals surface area contributed by atoms with Crippen molar-refractivity contribution >= 4 is 11.4 Å². The van der Waals surface area contributed by atoms with Crippen molar-refractivity contribution in [1.82, 2.24) is 19.6 Å².